The molecule has 0 saturated carbocycles. The molecule has 0 atom stereocenters. The molecule has 0 spiro atoms. The number of hydrogen-bond donors (Lipinski definition) is 3. The van der Waals surface area contributed by atoms with E-state index in [1.807, 2.05) is 24.3 Å². The first kappa shape index (κ1) is 31.8. The molecule has 5 N–H and O–H groups in total. The third-order valence-corrected chi connectivity index (χ3v) is 9.40. The fourth-order valence-electron chi connectivity index (χ4n) is 5.08. The summed E-state index contributed by atoms with van der Waals surface area (Å²) >= 11 is 0. The first-order valence-electron chi connectivity index (χ1n) is 12.9. The van der Waals surface area contributed by atoms with E-state index in [9.17, 15) is 26.4 Å². The maximum absolute atomic E-state index is 12.1. The van der Waals surface area contributed by atoms with Crippen molar-refractivity contribution in [1.29, 1.82) is 0 Å². The Morgan fingerprint density at radius 2 is 1.10 bits per heavy atom. The molecule has 0 bridgehead atoms. The van der Waals surface area contributed by atoms with E-state index in [4.69, 9.17) is 16.6 Å². The molecule has 2 aromatic carbocycles. The van der Waals surface area contributed by atoms with Gasteiger partial charge in [-0.2, -0.15) is 4.99 Å². The van der Waals surface area contributed by atoms with Gasteiger partial charge in [-0.05, 0) is 85.8 Å². The highest BCUT2D eigenvalue weighted by Crippen LogP contribution is 2.36. The fraction of sp³-hybridized carbons (Fsp3) is 0.345. The third-order valence-electron chi connectivity index (χ3n) is 7.10. The Balaban J connectivity index is 0.000000228. The van der Waals surface area contributed by atoms with Crippen molar-refractivity contribution in [1.82, 2.24) is 0 Å². The second kappa shape index (κ2) is 12.4. The number of aryl methyl sites for hydroxylation is 2. The van der Waals surface area contributed by atoms with Gasteiger partial charge in [0.1, 0.15) is 0 Å². The Morgan fingerprint density at radius 3 is 1.44 bits per heavy atom. The Labute approximate surface area is 240 Å². The number of carboxylic acids is 1. The molecule has 0 radical (unpaired) electrons. The first-order valence-corrected chi connectivity index (χ1v) is 16.7. The smallest absolute Gasteiger partial charge is 0.335 e. The predicted molar refractivity (Wildman–Crippen MR) is 158 cm³/mol. The minimum absolute atomic E-state index is 0.0510. The second-order valence-electron chi connectivity index (χ2n) is 10.4. The molecule has 10 nitrogen and oxygen atoms in total. The van der Waals surface area contributed by atoms with Gasteiger partial charge in [0, 0.05) is 18.1 Å². The maximum Gasteiger partial charge on any atom is 0.335 e. The molecule has 0 fully saturated rings. The van der Waals surface area contributed by atoms with Gasteiger partial charge in [0.15, 0.2) is 25.6 Å². The highest BCUT2D eigenvalue weighted by molar-refractivity contribution is 7.91. The van der Waals surface area contributed by atoms with E-state index >= 15 is 0 Å². The lowest BCUT2D eigenvalue weighted by atomic mass is 9.93. The van der Waals surface area contributed by atoms with Crippen molar-refractivity contribution in [2.75, 3.05) is 12.5 Å². The summed E-state index contributed by atoms with van der Waals surface area (Å²) in [5.74, 6) is -1.84. The zero-order chi connectivity index (χ0) is 30.7. The number of carbonyl (C=O) groups excluding carboxylic acids is 1. The van der Waals surface area contributed by atoms with Crippen LogP contribution in [0.5, 0.6) is 0 Å². The van der Waals surface area contributed by atoms with E-state index in [0.29, 0.717) is 11.1 Å². The molecule has 0 heterocycles. The van der Waals surface area contributed by atoms with Gasteiger partial charge in [-0.25, -0.2) is 21.6 Å². The molecule has 0 aliphatic heterocycles. The summed E-state index contributed by atoms with van der Waals surface area (Å²) < 4.78 is 48.0. The van der Waals surface area contributed by atoms with E-state index in [0.717, 1.165) is 49.3 Å². The Kier molecular flexibility index (Phi) is 9.60. The van der Waals surface area contributed by atoms with E-state index in [1.165, 1.54) is 12.1 Å². The summed E-state index contributed by atoms with van der Waals surface area (Å²) in [6.45, 7) is 3.44. The minimum atomic E-state index is -3.46. The standard InChI is InChI=1S/C15H19N3O3S.C14H16O4S/c1-9-7-12(10-5-3-4-6-10)13(22(2,20)21)8-11(9)14(19)18-15(16)17;1-9-7-12(10-5-3-4-6-10)13(19(2,17)18)8-11(9)14(15)16/h3-4,7-8,10H,5-6H2,1-2H3,(H4,16,17,18,19);3-4,7-8,10H,5-6H2,1-2H3,(H,15,16). The SMILES string of the molecule is Cc1cc(C2CC=CC2)c(S(C)(=O)=O)cc1C(=O)N=C(N)N.Cc1cc(C2CC=CC2)c(S(C)(=O)=O)cc1C(=O)O. The molecule has 220 valence electrons. The van der Waals surface area contributed by atoms with E-state index < -0.39 is 31.6 Å². The van der Waals surface area contributed by atoms with Gasteiger partial charge in [0.2, 0.25) is 0 Å². The molecule has 0 unspecified atom stereocenters. The number of rotatable bonds is 6. The van der Waals surface area contributed by atoms with Crippen molar-refractivity contribution in [3.05, 3.63) is 82.0 Å². The minimum Gasteiger partial charge on any atom is -0.478 e. The number of amides is 1. The Hall–Kier alpha value is -3.77. The Bertz CT molecular complexity index is 1670. The van der Waals surface area contributed by atoms with Crippen LogP contribution in [-0.4, -0.2) is 52.3 Å². The van der Waals surface area contributed by atoms with Crippen LogP contribution in [0.25, 0.3) is 0 Å². The lowest BCUT2D eigenvalue weighted by molar-refractivity contribution is 0.0695. The summed E-state index contributed by atoms with van der Waals surface area (Å²) in [6.07, 6.45) is 13.6. The number of aromatic carboxylic acids is 1. The van der Waals surface area contributed by atoms with Gasteiger partial charge in [-0.15, -0.1) is 0 Å². The van der Waals surface area contributed by atoms with Gasteiger partial charge in [-0.3, -0.25) is 4.79 Å². The number of hydrogen-bond acceptors (Lipinski definition) is 6. The number of guanidine groups is 1. The molecular formula is C29H35N3O7S2. The summed E-state index contributed by atoms with van der Waals surface area (Å²) in [7, 11) is -6.90. The first-order chi connectivity index (χ1) is 19.0. The summed E-state index contributed by atoms with van der Waals surface area (Å²) in [4.78, 5) is 27.0. The topological polar surface area (TPSA) is 187 Å². The quantitative estimate of drug-likeness (QED) is 0.251. The molecule has 2 aliphatic carbocycles. The summed E-state index contributed by atoms with van der Waals surface area (Å²) in [5, 5.41) is 9.10. The van der Waals surface area contributed by atoms with Crippen LogP contribution in [0, 0.1) is 13.8 Å². The molecular weight excluding hydrogens is 566 g/mol. The molecule has 0 saturated heterocycles. The molecule has 4 rings (SSSR count). The lowest BCUT2D eigenvalue weighted by Crippen LogP contribution is -2.24. The molecule has 2 aliphatic rings. The van der Waals surface area contributed by atoms with Crippen LogP contribution in [0.2, 0.25) is 0 Å². The van der Waals surface area contributed by atoms with Crippen molar-refractivity contribution in [3.8, 4) is 0 Å². The second-order valence-corrected chi connectivity index (χ2v) is 14.3. The number of nitrogens with two attached hydrogens (primary N) is 2. The number of aliphatic imine (C=N–C) groups is 1. The van der Waals surface area contributed by atoms with Gasteiger partial charge < -0.3 is 16.6 Å². The zero-order valence-corrected chi connectivity index (χ0v) is 25.1. The Morgan fingerprint density at radius 1 is 0.732 bits per heavy atom. The predicted octanol–water partition coefficient (Wildman–Crippen LogP) is 3.78. The third kappa shape index (κ3) is 7.70. The van der Waals surface area contributed by atoms with Crippen LogP contribution in [0.4, 0.5) is 0 Å². The monoisotopic (exact) mass is 601 g/mol. The average molecular weight is 602 g/mol. The number of benzene rings is 2. The average Bonchev–Trinajstić information content (AvgIpc) is 3.56. The maximum atomic E-state index is 12.1. The summed E-state index contributed by atoms with van der Waals surface area (Å²) in [6, 6.07) is 6.13. The van der Waals surface area contributed by atoms with Crippen LogP contribution >= 0.6 is 0 Å². The number of nitrogens with zero attached hydrogens (tertiary/aromatic N) is 1. The molecule has 0 aromatic heterocycles. The van der Waals surface area contributed by atoms with Gasteiger partial charge in [-0.1, -0.05) is 36.4 Å². The van der Waals surface area contributed by atoms with Crippen molar-refractivity contribution in [3.63, 3.8) is 0 Å². The van der Waals surface area contributed by atoms with E-state index in [2.05, 4.69) is 4.99 Å². The number of carboxylic acid groups (broad SMARTS) is 1. The fourth-order valence-corrected chi connectivity index (χ4v) is 7.05. The number of sulfone groups is 2. The van der Waals surface area contributed by atoms with Crippen LogP contribution in [0.3, 0.4) is 0 Å². The van der Waals surface area contributed by atoms with E-state index in [1.54, 1.807) is 26.0 Å². The normalized spacial score (nSPS) is 15.4. The van der Waals surface area contributed by atoms with Crippen LogP contribution in [0.1, 0.15) is 80.5 Å². The molecule has 41 heavy (non-hydrogen) atoms. The largest absolute Gasteiger partial charge is 0.478 e. The van der Waals surface area contributed by atoms with Crippen molar-refractivity contribution in [2.24, 2.45) is 16.5 Å². The van der Waals surface area contributed by atoms with Crippen molar-refractivity contribution >= 4 is 37.5 Å². The van der Waals surface area contributed by atoms with Crippen LogP contribution < -0.4 is 11.5 Å². The summed E-state index contributed by atoms with van der Waals surface area (Å²) in [5.41, 5.74) is 13.4. The zero-order valence-electron chi connectivity index (χ0n) is 23.4. The van der Waals surface area contributed by atoms with E-state index in [-0.39, 0.29) is 38.7 Å². The molecule has 2 aromatic rings. The van der Waals surface area contributed by atoms with Gasteiger partial charge in [0.25, 0.3) is 5.91 Å². The van der Waals surface area contributed by atoms with Gasteiger partial charge >= 0.3 is 5.97 Å². The van der Waals surface area contributed by atoms with Gasteiger partial charge in [0.05, 0.1) is 15.4 Å². The number of carbonyl (C=O) groups is 2. The lowest BCUT2D eigenvalue weighted by Gasteiger charge is -2.17. The highest BCUT2D eigenvalue weighted by atomic mass is 32.2. The van der Waals surface area contributed by atoms with Crippen molar-refractivity contribution < 1.29 is 31.5 Å². The molecule has 1 amide bonds. The molecule has 12 heteroatoms. The van der Waals surface area contributed by atoms with Crippen LogP contribution in [0.15, 0.2) is 63.4 Å². The number of allylic oxidation sites excluding steroid dienone is 4. The highest BCUT2D eigenvalue weighted by Gasteiger charge is 2.26. The van der Waals surface area contributed by atoms with Crippen molar-refractivity contribution in [2.45, 2.75) is 61.2 Å². The van der Waals surface area contributed by atoms with Crippen LogP contribution in [-0.2, 0) is 19.7 Å².